The molecule has 4 nitrogen and oxygen atoms in total. The van der Waals surface area contributed by atoms with Crippen molar-refractivity contribution in [2.75, 3.05) is 13.2 Å². The van der Waals surface area contributed by atoms with Gasteiger partial charge in [0.1, 0.15) is 5.75 Å². The minimum Gasteiger partial charge on any atom is -0.493 e. The normalized spacial score (nSPS) is 15.6. The number of aliphatic hydroxyl groups is 1. The zero-order valence-corrected chi connectivity index (χ0v) is 9.83. The molecule has 0 bridgehead atoms. The van der Waals surface area contributed by atoms with Crippen molar-refractivity contribution >= 4 is 5.91 Å². The maximum Gasteiger partial charge on any atom is 0.416 e. The van der Waals surface area contributed by atoms with E-state index in [0.29, 0.717) is 18.8 Å². The van der Waals surface area contributed by atoms with E-state index in [1.165, 1.54) is 6.07 Å². The largest absolute Gasteiger partial charge is 0.493 e. The number of ether oxygens (including phenoxy) is 1. The Morgan fingerprint density at radius 1 is 1.47 bits per heavy atom. The van der Waals surface area contributed by atoms with Gasteiger partial charge >= 0.3 is 6.18 Å². The lowest BCUT2D eigenvalue weighted by molar-refractivity contribution is -0.201. The fourth-order valence-electron chi connectivity index (χ4n) is 1.73. The fourth-order valence-corrected chi connectivity index (χ4v) is 1.73. The van der Waals surface area contributed by atoms with Crippen molar-refractivity contribution in [3.63, 3.8) is 0 Å². The minimum atomic E-state index is -4.74. The summed E-state index contributed by atoms with van der Waals surface area (Å²) in [6.45, 7) is -0.330. The summed E-state index contributed by atoms with van der Waals surface area (Å²) in [4.78, 5) is 11.6. The van der Waals surface area contributed by atoms with Gasteiger partial charge in [0.05, 0.1) is 13.2 Å². The standard InChI is InChI=1S/C12H12F3NO3/c13-12(14,15)10(17)6-16-11(18)8-1-2-9-7(5-8)3-4-19-9/h1-2,5,10,17H,3-4,6H2,(H,16,18). The molecule has 1 aromatic rings. The number of carbonyl (C=O) groups is 1. The van der Waals surface area contributed by atoms with Crippen molar-refractivity contribution in [3.05, 3.63) is 29.3 Å². The molecule has 1 atom stereocenters. The third kappa shape index (κ3) is 3.17. The Bertz CT molecular complexity index is 488. The molecule has 1 aliphatic rings. The summed E-state index contributed by atoms with van der Waals surface area (Å²) < 4.78 is 41.4. The summed E-state index contributed by atoms with van der Waals surface area (Å²) in [5.41, 5.74) is 1.10. The Hall–Kier alpha value is -1.76. The molecule has 104 valence electrons. The van der Waals surface area contributed by atoms with E-state index in [9.17, 15) is 18.0 Å². The summed E-state index contributed by atoms with van der Waals surface area (Å²) in [5, 5.41) is 10.8. The maximum absolute atomic E-state index is 12.1. The number of aliphatic hydroxyl groups excluding tert-OH is 1. The zero-order chi connectivity index (χ0) is 14.0. The molecule has 1 unspecified atom stereocenters. The van der Waals surface area contributed by atoms with E-state index >= 15 is 0 Å². The van der Waals surface area contributed by atoms with Gasteiger partial charge in [-0.3, -0.25) is 4.79 Å². The Labute approximate surface area is 107 Å². The number of carbonyl (C=O) groups excluding carboxylic acids is 1. The predicted octanol–water partition coefficient (Wildman–Crippen LogP) is 1.27. The van der Waals surface area contributed by atoms with E-state index in [1.54, 1.807) is 12.1 Å². The average Bonchev–Trinajstić information content (AvgIpc) is 2.81. The number of hydrogen-bond acceptors (Lipinski definition) is 3. The molecular formula is C12H12F3NO3. The van der Waals surface area contributed by atoms with Crippen molar-refractivity contribution in [2.24, 2.45) is 0 Å². The first-order chi connectivity index (χ1) is 8.88. The number of benzene rings is 1. The van der Waals surface area contributed by atoms with E-state index in [1.807, 2.05) is 5.32 Å². The molecule has 0 aromatic heterocycles. The highest BCUT2D eigenvalue weighted by Gasteiger charge is 2.38. The quantitative estimate of drug-likeness (QED) is 0.873. The molecule has 0 aliphatic carbocycles. The van der Waals surface area contributed by atoms with Crippen LogP contribution >= 0.6 is 0 Å². The number of alkyl halides is 3. The summed E-state index contributed by atoms with van der Waals surface area (Å²) in [6.07, 6.45) is -6.63. The van der Waals surface area contributed by atoms with Gasteiger partial charge in [-0.15, -0.1) is 0 Å². The van der Waals surface area contributed by atoms with Crippen LogP contribution in [0.3, 0.4) is 0 Å². The van der Waals surface area contributed by atoms with Crippen LogP contribution in [-0.4, -0.2) is 36.4 Å². The van der Waals surface area contributed by atoms with Gasteiger partial charge < -0.3 is 15.2 Å². The molecule has 0 saturated carbocycles. The first-order valence-electron chi connectivity index (χ1n) is 5.66. The fraction of sp³-hybridized carbons (Fsp3) is 0.417. The van der Waals surface area contributed by atoms with E-state index in [2.05, 4.69) is 0 Å². The third-order valence-corrected chi connectivity index (χ3v) is 2.79. The van der Waals surface area contributed by atoms with Gasteiger partial charge in [0.15, 0.2) is 6.10 Å². The molecule has 2 rings (SSSR count). The molecule has 19 heavy (non-hydrogen) atoms. The van der Waals surface area contributed by atoms with Gasteiger partial charge in [-0.2, -0.15) is 13.2 Å². The topological polar surface area (TPSA) is 58.6 Å². The molecule has 1 aliphatic heterocycles. The number of hydrogen-bond donors (Lipinski definition) is 2. The molecule has 1 aromatic carbocycles. The Kier molecular flexibility index (Phi) is 3.66. The second kappa shape index (κ2) is 5.08. The van der Waals surface area contributed by atoms with Crippen molar-refractivity contribution < 1.29 is 27.8 Å². The predicted molar refractivity (Wildman–Crippen MR) is 60.0 cm³/mol. The number of halogens is 3. The second-order valence-corrected chi connectivity index (χ2v) is 4.19. The first-order valence-corrected chi connectivity index (χ1v) is 5.66. The average molecular weight is 275 g/mol. The monoisotopic (exact) mass is 275 g/mol. The highest BCUT2D eigenvalue weighted by molar-refractivity contribution is 5.94. The van der Waals surface area contributed by atoms with E-state index in [-0.39, 0.29) is 5.56 Å². The van der Waals surface area contributed by atoms with Crippen LogP contribution in [-0.2, 0) is 6.42 Å². The maximum atomic E-state index is 12.1. The molecule has 0 fully saturated rings. The molecule has 1 amide bonds. The lowest BCUT2D eigenvalue weighted by Gasteiger charge is -2.15. The van der Waals surface area contributed by atoms with Crippen molar-refractivity contribution in [2.45, 2.75) is 18.7 Å². The van der Waals surface area contributed by atoms with Crippen LogP contribution in [0.4, 0.5) is 13.2 Å². The van der Waals surface area contributed by atoms with Crippen LogP contribution in [0.25, 0.3) is 0 Å². The van der Waals surface area contributed by atoms with Crippen LogP contribution in [0.15, 0.2) is 18.2 Å². The van der Waals surface area contributed by atoms with Gasteiger partial charge in [0.2, 0.25) is 0 Å². The number of rotatable bonds is 3. The van der Waals surface area contributed by atoms with Crippen LogP contribution in [0, 0.1) is 0 Å². The van der Waals surface area contributed by atoms with Crippen LogP contribution in [0.5, 0.6) is 5.75 Å². The lowest BCUT2D eigenvalue weighted by Crippen LogP contribution is -2.40. The number of fused-ring (bicyclic) bond motifs is 1. The SMILES string of the molecule is O=C(NCC(O)C(F)(F)F)c1ccc2c(c1)CCO2. The van der Waals surface area contributed by atoms with Gasteiger partial charge in [0, 0.05) is 12.0 Å². The number of amides is 1. The highest BCUT2D eigenvalue weighted by atomic mass is 19.4. The second-order valence-electron chi connectivity index (χ2n) is 4.19. The lowest BCUT2D eigenvalue weighted by atomic mass is 10.1. The van der Waals surface area contributed by atoms with Gasteiger partial charge in [0.25, 0.3) is 5.91 Å². The van der Waals surface area contributed by atoms with E-state index in [4.69, 9.17) is 9.84 Å². The Balaban J connectivity index is 1.97. The van der Waals surface area contributed by atoms with Crippen molar-refractivity contribution in [3.8, 4) is 5.75 Å². The molecular weight excluding hydrogens is 263 g/mol. The zero-order valence-electron chi connectivity index (χ0n) is 9.83. The Morgan fingerprint density at radius 2 is 2.21 bits per heavy atom. The number of nitrogens with one attached hydrogen (secondary N) is 1. The van der Waals surface area contributed by atoms with Crippen LogP contribution < -0.4 is 10.1 Å². The highest BCUT2D eigenvalue weighted by Crippen LogP contribution is 2.26. The van der Waals surface area contributed by atoms with Crippen LogP contribution in [0.2, 0.25) is 0 Å². The minimum absolute atomic E-state index is 0.249. The molecule has 1 heterocycles. The molecule has 0 saturated heterocycles. The van der Waals surface area contributed by atoms with Crippen molar-refractivity contribution in [1.29, 1.82) is 0 Å². The Morgan fingerprint density at radius 3 is 2.89 bits per heavy atom. The van der Waals surface area contributed by atoms with Gasteiger partial charge in [-0.25, -0.2) is 0 Å². The molecule has 0 radical (unpaired) electrons. The van der Waals surface area contributed by atoms with Gasteiger partial charge in [-0.1, -0.05) is 0 Å². The summed E-state index contributed by atoms with van der Waals surface area (Å²) in [7, 11) is 0. The summed E-state index contributed by atoms with van der Waals surface area (Å²) in [5.74, 6) is 0.0323. The smallest absolute Gasteiger partial charge is 0.416 e. The van der Waals surface area contributed by atoms with Gasteiger partial charge in [-0.05, 0) is 23.8 Å². The molecule has 0 spiro atoms. The molecule has 2 N–H and O–H groups in total. The van der Waals surface area contributed by atoms with Crippen LogP contribution in [0.1, 0.15) is 15.9 Å². The summed E-state index contributed by atoms with van der Waals surface area (Å²) in [6, 6.07) is 4.66. The third-order valence-electron chi connectivity index (χ3n) is 2.79. The van der Waals surface area contributed by atoms with E-state index in [0.717, 1.165) is 5.56 Å². The molecule has 7 heteroatoms. The first kappa shape index (κ1) is 13.7. The summed E-state index contributed by atoms with van der Waals surface area (Å²) >= 11 is 0. The van der Waals surface area contributed by atoms with E-state index < -0.39 is 24.7 Å². The van der Waals surface area contributed by atoms with Crippen molar-refractivity contribution in [1.82, 2.24) is 5.32 Å².